The molecule has 0 amide bonds. The first kappa shape index (κ1) is 21.0. The molecule has 0 aromatic heterocycles. The highest BCUT2D eigenvalue weighted by atomic mass is 14.3. The summed E-state index contributed by atoms with van der Waals surface area (Å²) in [6.45, 7) is 9.76. The van der Waals surface area contributed by atoms with Gasteiger partial charge in [-0.3, -0.25) is 0 Å². The van der Waals surface area contributed by atoms with Crippen LogP contribution >= 0.6 is 0 Å². The van der Waals surface area contributed by atoms with Gasteiger partial charge in [0, 0.05) is 0 Å². The molecule has 0 aromatic carbocycles. The topological polar surface area (TPSA) is 0 Å². The van der Waals surface area contributed by atoms with E-state index in [9.17, 15) is 0 Å². The van der Waals surface area contributed by atoms with Crippen LogP contribution in [0.25, 0.3) is 0 Å². The fourth-order valence-electron chi connectivity index (χ4n) is 5.46. The standard InChI is InChI=1S/C25H46/c1-5-11-25(18-21(4)20(3)6-2)24-16-8-7-12-22(15-10-17-24)19-23-13-9-14-23/h9,13,20-25H,5-8,10-12,14-19H2,1-4H3. The molecular formula is C25H46. The molecule has 6 atom stereocenters. The molecular weight excluding hydrogens is 300 g/mol. The Morgan fingerprint density at radius 2 is 1.60 bits per heavy atom. The van der Waals surface area contributed by atoms with E-state index in [0.29, 0.717) is 0 Å². The van der Waals surface area contributed by atoms with Crippen LogP contribution in [0.2, 0.25) is 0 Å². The zero-order valence-corrected chi connectivity index (χ0v) is 17.8. The Bertz CT molecular complexity index is 368. The Morgan fingerprint density at radius 3 is 2.24 bits per heavy atom. The Hall–Kier alpha value is -0.260. The summed E-state index contributed by atoms with van der Waals surface area (Å²) in [5, 5.41) is 0. The third-order valence-electron chi connectivity index (χ3n) is 7.72. The van der Waals surface area contributed by atoms with E-state index in [2.05, 4.69) is 39.8 Å². The lowest BCUT2D eigenvalue weighted by atomic mass is 9.74. The van der Waals surface area contributed by atoms with Crippen LogP contribution in [0.1, 0.15) is 111 Å². The predicted molar refractivity (Wildman–Crippen MR) is 113 cm³/mol. The van der Waals surface area contributed by atoms with Crippen LogP contribution in [0.3, 0.4) is 0 Å². The molecule has 1 saturated carbocycles. The minimum atomic E-state index is 0.899. The van der Waals surface area contributed by atoms with Crippen LogP contribution in [0.15, 0.2) is 12.2 Å². The van der Waals surface area contributed by atoms with Crippen LogP contribution in [0, 0.1) is 35.5 Å². The van der Waals surface area contributed by atoms with Gasteiger partial charge < -0.3 is 0 Å². The van der Waals surface area contributed by atoms with Gasteiger partial charge in [0.2, 0.25) is 0 Å². The molecule has 0 spiro atoms. The van der Waals surface area contributed by atoms with Crippen LogP contribution in [-0.4, -0.2) is 0 Å². The van der Waals surface area contributed by atoms with E-state index in [1.807, 2.05) is 0 Å². The van der Waals surface area contributed by atoms with Gasteiger partial charge in [0.1, 0.15) is 0 Å². The van der Waals surface area contributed by atoms with Gasteiger partial charge in [0.05, 0.1) is 0 Å². The van der Waals surface area contributed by atoms with Gasteiger partial charge in [-0.2, -0.15) is 0 Å². The van der Waals surface area contributed by atoms with E-state index < -0.39 is 0 Å². The first-order valence-corrected chi connectivity index (χ1v) is 11.8. The van der Waals surface area contributed by atoms with Crippen molar-refractivity contribution < 1.29 is 0 Å². The molecule has 2 aliphatic carbocycles. The Labute approximate surface area is 159 Å². The van der Waals surface area contributed by atoms with E-state index >= 15 is 0 Å². The average molecular weight is 347 g/mol. The van der Waals surface area contributed by atoms with Gasteiger partial charge in [-0.25, -0.2) is 0 Å². The molecule has 0 saturated heterocycles. The summed E-state index contributed by atoms with van der Waals surface area (Å²) < 4.78 is 0. The van der Waals surface area contributed by atoms with Crippen molar-refractivity contribution in [1.29, 1.82) is 0 Å². The van der Waals surface area contributed by atoms with E-state index in [1.165, 1.54) is 83.5 Å². The maximum Gasteiger partial charge on any atom is -0.0196 e. The Balaban J connectivity index is 1.85. The molecule has 0 aliphatic heterocycles. The lowest BCUT2D eigenvalue weighted by Crippen LogP contribution is -2.20. The van der Waals surface area contributed by atoms with Gasteiger partial charge in [-0.1, -0.05) is 104 Å². The van der Waals surface area contributed by atoms with Crippen LogP contribution in [-0.2, 0) is 0 Å². The molecule has 6 unspecified atom stereocenters. The van der Waals surface area contributed by atoms with E-state index in [4.69, 9.17) is 0 Å². The highest BCUT2D eigenvalue weighted by Gasteiger charge is 2.26. The summed E-state index contributed by atoms with van der Waals surface area (Å²) >= 11 is 0. The number of hydrogen-bond acceptors (Lipinski definition) is 0. The van der Waals surface area contributed by atoms with Gasteiger partial charge >= 0.3 is 0 Å². The first-order chi connectivity index (χ1) is 12.1. The van der Waals surface area contributed by atoms with Crippen molar-refractivity contribution in [2.45, 2.75) is 111 Å². The first-order valence-electron chi connectivity index (χ1n) is 11.8. The second-order valence-electron chi connectivity index (χ2n) is 9.65. The predicted octanol–water partition coefficient (Wildman–Crippen LogP) is 8.42. The molecule has 2 aliphatic rings. The second-order valence-corrected chi connectivity index (χ2v) is 9.65. The van der Waals surface area contributed by atoms with Crippen molar-refractivity contribution in [3.8, 4) is 0 Å². The maximum atomic E-state index is 2.52. The minimum Gasteiger partial charge on any atom is -0.0877 e. The smallest absolute Gasteiger partial charge is 0.0196 e. The van der Waals surface area contributed by atoms with Crippen molar-refractivity contribution in [2.75, 3.05) is 0 Å². The van der Waals surface area contributed by atoms with E-state index in [1.54, 1.807) is 0 Å². The Kier molecular flexibility index (Phi) is 9.64. The van der Waals surface area contributed by atoms with Crippen LogP contribution < -0.4 is 0 Å². The molecule has 2 rings (SSSR count). The third-order valence-corrected chi connectivity index (χ3v) is 7.72. The van der Waals surface area contributed by atoms with E-state index in [0.717, 1.165) is 35.5 Å². The molecule has 0 N–H and O–H groups in total. The average Bonchev–Trinajstić information content (AvgIpc) is 2.69. The summed E-state index contributed by atoms with van der Waals surface area (Å²) in [4.78, 5) is 0. The summed E-state index contributed by atoms with van der Waals surface area (Å²) in [5.74, 6) is 5.79. The summed E-state index contributed by atoms with van der Waals surface area (Å²) in [6.07, 6.45) is 23.9. The monoisotopic (exact) mass is 346 g/mol. The maximum absolute atomic E-state index is 2.52. The number of hydrogen-bond donors (Lipinski definition) is 0. The quantitative estimate of drug-likeness (QED) is 0.367. The number of rotatable bonds is 9. The van der Waals surface area contributed by atoms with Crippen LogP contribution in [0.4, 0.5) is 0 Å². The molecule has 0 aromatic rings. The van der Waals surface area contributed by atoms with Crippen LogP contribution in [0.5, 0.6) is 0 Å². The molecule has 0 nitrogen and oxygen atoms in total. The lowest BCUT2D eigenvalue weighted by molar-refractivity contribution is 0.198. The summed E-state index contributed by atoms with van der Waals surface area (Å²) in [6, 6.07) is 0. The van der Waals surface area contributed by atoms with E-state index in [-0.39, 0.29) is 0 Å². The summed E-state index contributed by atoms with van der Waals surface area (Å²) in [7, 11) is 0. The second kappa shape index (κ2) is 11.5. The largest absolute Gasteiger partial charge is 0.0877 e. The highest BCUT2D eigenvalue weighted by Crippen LogP contribution is 2.38. The van der Waals surface area contributed by atoms with Crippen molar-refractivity contribution in [3.05, 3.63) is 12.2 Å². The SMILES string of the molecule is CCCC(CC(C)C(C)CC)C1CCCCC(CC2C=CC2)CCC1. The molecule has 146 valence electrons. The number of allylic oxidation sites excluding steroid dienone is 2. The van der Waals surface area contributed by atoms with Gasteiger partial charge in [-0.05, 0) is 54.8 Å². The normalized spacial score (nSPS) is 31.3. The fourth-order valence-corrected chi connectivity index (χ4v) is 5.46. The fraction of sp³-hybridized carbons (Fsp3) is 0.920. The zero-order chi connectivity index (χ0) is 18.1. The zero-order valence-electron chi connectivity index (χ0n) is 17.8. The molecule has 0 heterocycles. The molecule has 0 radical (unpaired) electrons. The van der Waals surface area contributed by atoms with Gasteiger partial charge in [0.15, 0.2) is 0 Å². The molecule has 25 heavy (non-hydrogen) atoms. The Morgan fingerprint density at radius 1 is 0.920 bits per heavy atom. The molecule has 1 fully saturated rings. The van der Waals surface area contributed by atoms with Crippen molar-refractivity contribution in [1.82, 2.24) is 0 Å². The van der Waals surface area contributed by atoms with Crippen molar-refractivity contribution in [3.63, 3.8) is 0 Å². The molecule has 0 bridgehead atoms. The lowest BCUT2D eigenvalue weighted by Gasteiger charge is -2.31. The highest BCUT2D eigenvalue weighted by molar-refractivity contribution is 5.02. The molecule has 0 heteroatoms. The van der Waals surface area contributed by atoms with Crippen molar-refractivity contribution in [2.24, 2.45) is 35.5 Å². The van der Waals surface area contributed by atoms with Crippen molar-refractivity contribution >= 4 is 0 Å². The summed E-state index contributed by atoms with van der Waals surface area (Å²) in [5.41, 5.74) is 0. The van der Waals surface area contributed by atoms with Gasteiger partial charge in [0.25, 0.3) is 0 Å². The minimum absolute atomic E-state index is 0.899. The third kappa shape index (κ3) is 7.10. The van der Waals surface area contributed by atoms with Gasteiger partial charge in [-0.15, -0.1) is 0 Å².